The number of anilines is 1. The third kappa shape index (κ3) is 3.37. The van der Waals surface area contributed by atoms with E-state index in [4.69, 9.17) is 16.6 Å². The molecule has 26 heavy (non-hydrogen) atoms. The maximum Gasteiger partial charge on any atom is 0.252 e. The molecule has 6 heteroatoms. The molecule has 1 N–H and O–H groups in total. The maximum atomic E-state index is 13.1. The summed E-state index contributed by atoms with van der Waals surface area (Å²) in [5, 5.41) is 3.73. The Bertz CT molecular complexity index is 843. The normalized spacial score (nSPS) is 19.0. The molecule has 1 spiro atoms. The Morgan fingerprint density at radius 2 is 1.81 bits per heavy atom. The first kappa shape index (κ1) is 18.9. The second-order valence-corrected chi connectivity index (χ2v) is 7.24. The van der Waals surface area contributed by atoms with E-state index in [1.165, 1.54) is 0 Å². The fraction of sp³-hybridized carbons (Fsp3) is 0.300. The lowest BCUT2D eigenvalue weighted by atomic mass is 9.87. The van der Waals surface area contributed by atoms with E-state index in [1.807, 2.05) is 42.5 Å². The molecule has 0 aromatic heterocycles. The molecule has 2 aliphatic heterocycles. The zero-order valence-corrected chi connectivity index (χ0v) is 16.1. The van der Waals surface area contributed by atoms with Crippen LogP contribution in [0.4, 0.5) is 5.69 Å². The van der Waals surface area contributed by atoms with Crippen molar-refractivity contribution in [1.82, 2.24) is 4.90 Å². The monoisotopic (exact) mass is 389 g/mol. The lowest BCUT2D eigenvalue weighted by molar-refractivity contribution is -0.122. The van der Waals surface area contributed by atoms with Gasteiger partial charge in [-0.2, -0.15) is 0 Å². The van der Waals surface area contributed by atoms with Gasteiger partial charge in [-0.05, 0) is 38.1 Å². The van der Waals surface area contributed by atoms with Gasteiger partial charge in [0.15, 0.2) is 0 Å². The number of amides is 1. The van der Waals surface area contributed by atoms with Crippen LogP contribution >= 0.6 is 24.0 Å². The van der Waals surface area contributed by atoms with Crippen LogP contribution in [0, 0.1) is 0 Å². The molecule has 136 valence electrons. The number of hydrogen-bond acceptors (Lipinski definition) is 3. The van der Waals surface area contributed by atoms with Crippen molar-refractivity contribution in [2.75, 3.05) is 25.5 Å². The maximum absolute atomic E-state index is 13.1. The van der Waals surface area contributed by atoms with Crippen molar-refractivity contribution in [3.63, 3.8) is 0 Å². The number of benzene rings is 2. The van der Waals surface area contributed by atoms with Crippen LogP contribution in [0.2, 0.25) is 5.02 Å². The van der Waals surface area contributed by atoms with Gasteiger partial charge in [-0.25, -0.2) is 0 Å². The highest BCUT2D eigenvalue weighted by molar-refractivity contribution is 6.32. The number of nitrogens with zero attached hydrogens (tertiary/aromatic N) is 2. The number of rotatable bonds is 1. The Morgan fingerprint density at radius 1 is 1.12 bits per heavy atom. The van der Waals surface area contributed by atoms with E-state index in [0.717, 1.165) is 35.6 Å². The fourth-order valence-electron chi connectivity index (χ4n) is 3.53. The summed E-state index contributed by atoms with van der Waals surface area (Å²) in [6.07, 6.45) is 1.43. The molecule has 2 heterocycles. The lowest BCUT2D eigenvalue weighted by Crippen LogP contribution is -2.49. The standard InChI is InChI=1S/C20H20ClN3O.ClH/c1-24-11-9-20(10-12-24)19(25)22-17-8-7-15(21)13-16(17)18(23-20)14-5-3-2-4-6-14;/h2-8,13H,9-12H2,1H3,(H,22,25);1H. The van der Waals surface area contributed by atoms with Crippen molar-refractivity contribution >= 4 is 41.3 Å². The summed E-state index contributed by atoms with van der Waals surface area (Å²) in [4.78, 5) is 20.3. The van der Waals surface area contributed by atoms with Gasteiger partial charge in [-0.15, -0.1) is 12.4 Å². The Morgan fingerprint density at radius 3 is 2.50 bits per heavy atom. The summed E-state index contributed by atoms with van der Waals surface area (Å²) < 4.78 is 0. The molecule has 2 aliphatic rings. The minimum Gasteiger partial charge on any atom is -0.323 e. The smallest absolute Gasteiger partial charge is 0.252 e. The third-order valence-electron chi connectivity index (χ3n) is 5.09. The van der Waals surface area contributed by atoms with Crippen LogP contribution in [0.3, 0.4) is 0 Å². The second kappa shape index (κ2) is 7.39. The number of carbonyl (C=O) groups is 1. The summed E-state index contributed by atoms with van der Waals surface area (Å²) in [5.74, 6) is -0.0184. The topological polar surface area (TPSA) is 44.7 Å². The van der Waals surface area contributed by atoms with E-state index in [9.17, 15) is 4.79 Å². The quantitative estimate of drug-likeness (QED) is 0.800. The summed E-state index contributed by atoms with van der Waals surface area (Å²) in [6.45, 7) is 1.71. The second-order valence-electron chi connectivity index (χ2n) is 6.81. The Kier molecular flexibility index (Phi) is 5.37. The molecule has 4 rings (SSSR count). The molecule has 1 amide bonds. The van der Waals surface area contributed by atoms with Crippen LogP contribution in [0.5, 0.6) is 0 Å². The average molecular weight is 390 g/mol. The van der Waals surface area contributed by atoms with Crippen molar-refractivity contribution in [3.05, 3.63) is 64.7 Å². The first-order valence-electron chi connectivity index (χ1n) is 8.53. The fourth-order valence-corrected chi connectivity index (χ4v) is 3.70. The molecule has 2 aromatic carbocycles. The molecule has 0 atom stereocenters. The molecule has 1 fully saturated rings. The SMILES string of the molecule is CN1CCC2(CC1)N=C(c1ccccc1)c1cc(Cl)ccc1NC2=O.Cl. The minimum atomic E-state index is -0.719. The first-order valence-corrected chi connectivity index (χ1v) is 8.90. The summed E-state index contributed by atoms with van der Waals surface area (Å²) in [7, 11) is 2.08. The highest BCUT2D eigenvalue weighted by Gasteiger charge is 2.43. The van der Waals surface area contributed by atoms with Gasteiger partial charge in [0, 0.05) is 29.2 Å². The Hall–Kier alpha value is -1.88. The van der Waals surface area contributed by atoms with Crippen LogP contribution in [-0.4, -0.2) is 42.2 Å². The molecule has 1 saturated heterocycles. The van der Waals surface area contributed by atoms with Gasteiger partial charge in [-0.3, -0.25) is 9.79 Å². The summed E-state index contributed by atoms with van der Waals surface area (Å²) >= 11 is 6.24. The van der Waals surface area contributed by atoms with Gasteiger partial charge in [0.05, 0.1) is 11.4 Å². The predicted molar refractivity (Wildman–Crippen MR) is 109 cm³/mol. The first-order chi connectivity index (χ1) is 12.1. The van der Waals surface area contributed by atoms with Crippen molar-refractivity contribution in [2.24, 2.45) is 4.99 Å². The van der Waals surface area contributed by atoms with Crippen LogP contribution in [0.15, 0.2) is 53.5 Å². The van der Waals surface area contributed by atoms with Crippen molar-refractivity contribution in [2.45, 2.75) is 18.4 Å². The number of nitrogens with one attached hydrogen (secondary N) is 1. The van der Waals surface area contributed by atoms with Crippen LogP contribution in [-0.2, 0) is 4.79 Å². The average Bonchev–Trinajstić information content (AvgIpc) is 2.74. The zero-order valence-electron chi connectivity index (χ0n) is 14.5. The lowest BCUT2D eigenvalue weighted by Gasteiger charge is -2.36. The van der Waals surface area contributed by atoms with Gasteiger partial charge >= 0.3 is 0 Å². The largest absolute Gasteiger partial charge is 0.323 e. The molecule has 0 aliphatic carbocycles. The van der Waals surface area contributed by atoms with Crippen molar-refractivity contribution < 1.29 is 4.79 Å². The number of hydrogen-bond donors (Lipinski definition) is 1. The van der Waals surface area contributed by atoms with Crippen LogP contribution in [0.25, 0.3) is 0 Å². The molecule has 4 nitrogen and oxygen atoms in total. The Balaban J connectivity index is 0.00000196. The molecule has 2 aromatic rings. The molecule has 0 radical (unpaired) electrons. The van der Waals surface area contributed by atoms with Gasteiger partial charge in [-0.1, -0.05) is 41.9 Å². The van der Waals surface area contributed by atoms with Gasteiger partial charge in [0.1, 0.15) is 5.54 Å². The van der Waals surface area contributed by atoms with E-state index in [1.54, 1.807) is 6.07 Å². The number of piperidine rings is 1. The Labute approximate surface area is 164 Å². The van der Waals surface area contributed by atoms with E-state index in [2.05, 4.69) is 17.3 Å². The third-order valence-corrected chi connectivity index (χ3v) is 5.33. The number of halogens is 2. The van der Waals surface area contributed by atoms with E-state index < -0.39 is 5.54 Å². The highest BCUT2D eigenvalue weighted by atomic mass is 35.5. The molecule has 0 unspecified atom stereocenters. The van der Waals surface area contributed by atoms with Gasteiger partial charge in [0.25, 0.3) is 5.91 Å². The summed E-state index contributed by atoms with van der Waals surface area (Å²) in [6, 6.07) is 15.6. The van der Waals surface area contributed by atoms with Crippen molar-refractivity contribution in [3.8, 4) is 0 Å². The van der Waals surface area contributed by atoms with Crippen LogP contribution < -0.4 is 5.32 Å². The number of fused-ring (bicyclic) bond motifs is 1. The zero-order chi connectivity index (χ0) is 17.4. The van der Waals surface area contributed by atoms with Gasteiger partial charge in [0.2, 0.25) is 0 Å². The minimum absolute atomic E-state index is 0. The molecular formula is C20H21Cl2N3O. The molecule has 0 saturated carbocycles. The highest BCUT2D eigenvalue weighted by Crippen LogP contribution is 2.35. The number of likely N-dealkylation sites (tertiary alicyclic amines) is 1. The summed E-state index contributed by atoms with van der Waals surface area (Å²) in [5.41, 5.74) is 2.76. The van der Waals surface area contributed by atoms with E-state index in [0.29, 0.717) is 17.9 Å². The van der Waals surface area contributed by atoms with E-state index >= 15 is 0 Å². The van der Waals surface area contributed by atoms with E-state index in [-0.39, 0.29) is 18.3 Å². The van der Waals surface area contributed by atoms with Crippen molar-refractivity contribution in [1.29, 1.82) is 0 Å². The predicted octanol–water partition coefficient (Wildman–Crippen LogP) is 4.02. The number of carbonyl (C=O) groups excluding carboxylic acids is 1. The molecule has 0 bridgehead atoms. The van der Waals surface area contributed by atoms with Gasteiger partial charge < -0.3 is 10.2 Å². The molecular weight excluding hydrogens is 369 g/mol. The number of aliphatic imine (C=N–C) groups is 1. The van der Waals surface area contributed by atoms with Crippen LogP contribution in [0.1, 0.15) is 24.0 Å².